The molecule has 114 valence electrons. The largest absolute Gasteiger partial charge is 0.446 e. The molecule has 0 spiro atoms. The van der Waals surface area contributed by atoms with Crippen molar-refractivity contribution < 1.29 is 12.8 Å². The number of nitrogens with one attached hydrogen (secondary N) is 2. The van der Waals surface area contributed by atoms with E-state index in [1.54, 1.807) is 16.9 Å². The Bertz CT molecular complexity index is 715. The van der Waals surface area contributed by atoms with E-state index >= 15 is 0 Å². The Kier molecular flexibility index (Phi) is 3.73. The summed E-state index contributed by atoms with van der Waals surface area (Å²) in [6, 6.07) is 3.70. The molecule has 2 aromatic rings. The Morgan fingerprint density at radius 1 is 1.43 bits per heavy atom. The van der Waals surface area contributed by atoms with Crippen LogP contribution in [-0.4, -0.2) is 24.2 Å². The number of hydrogen-bond donors (Lipinski definition) is 2. The molecule has 1 aliphatic carbocycles. The summed E-state index contributed by atoms with van der Waals surface area (Å²) in [6.45, 7) is 3.16. The molecule has 8 heteroatoms. The Morgan fingerprint density at radius 2 is 2.24 bits per heavy atom. The van der Waals surface area contributed by atoms with Crippen LogP contribution in [0.4, 0.5) is 5.69 Å². The van der Waals surface area contributed by atoms with Crippen molar-refractivity contribution in [2.75, 3.05) is 4.72 Å². The van der Waals surface area contributed by atoms with E-state index in [0.29, 0.717) is 30.6 Å². The van der Waals surface area contributed by atoms with Gasteiger partial charge in [-0.3, -0.25) is 9.40 Å². The van der Waals surface area contributed by atoms with E-state index in [-0.39, 0.29) is 5.09 Å². The van der Waals surface area contributed by atoms with Crippen LogP contribution in [0.15, 0.2) is 34.0 Å². The molecular weight excluding hydrogens is 292 g/mol. The van der Waals surface area contributed by atoms with Crippen molar-refractivity contribution in [3.63, 3.8) is 0 Å². The third-order valence-electron chi connectivity index (χ3n) is 3.25. The molecule has 7 nitrogen and oxygen atoms in total. The van der Waals surface area contributed by atoms with E-state index in [4.69, 9.17) is 4.42 Å². The number of aryl methyl sites for hydroxylation is 1. The Balaban J connectivity index is 1.68. The van der Waals surface area contributed by atoms with Gasteiger partial charge in [0, 0.05) is 18.8 Å². The van der Waals surface area contributed by atoms with Crippen molar-refractivity contribution in [1.29, 1.82) is 0 Å². The molecule has 2 heterocycles. The second-order valence-corrected chi connectivity index (χ2v) is 6.68. The van der Waals surface area contributed by atoms with E-state index in [1.165, 1.54) is 25.1 Å². The molecular formula is C13H18N4O3S. The molecule has 3 rings (SSSR count). The fourth-order valence-electron chi connectivity index (χ4n) is 1.92. The van der Waals surface area contributed by atoms with E-state index < -0.39 is 10.0 Å². The topological polar surface area (TPSA) is 89.2 Å². The predicted molar refractivity (Wildman–Crippen MR) is 77.3 cm³/mol. The van der Waals surface area contributed by atoms with Gasteiger partial charge in [-0.15, -0.1) is 0 Å². The molecule has 0 unspecified atom stereocenters. The van der Waals surface area contributed by atoms with Gasteiger partial charge >= 0.3 is 0 Å². The summed E-state index contributed by atoms with van der Waals surface area (Å²) in [5.74, 6) is 0.617. The van der Waals surface area contributed by atoms with Crippen LogP contribution < -0.4 is 10.0 Å². The fourth-order valence-corrected chi connectivity index (χ4v) is 2.90. The number of rotatable bonds is 7. The molecule has 1 aliphatic rings. The van der Waals surface area contributed by atoms with Gasteiger partial charge in [-0.1, -0.05) is 0 Å². The Hall–Kier alpha value is -1.80. The van der Waals surface area contributed by atoms with Crippen molar-refractivity contribution in [2.45, 2.75) is 44.0 Å². The molecule has 0 bridgehead atoms. The van der Waals surface area contributed by atoms with Gasteiger partial charge in [-0.05, 0) is 31.9 Å². The normalized spacial score (nSPS) is 15.3. The molecule has 0 aliphatic heterocycles. The van der Waals surface area contributed by atoms with E-state index in [2.05, 4.69) is 15.1 Å². The minimum atomic E-state index is -3.71. The average molecular weight is 310 g/mol. The minimum Gasteiger partial charge on any atom is -0.446 e. The zero-order valence-corrected chi connectivity index (χ0v) is 12.6. The second-order valence-electron chi connectivity index (χ2n) is 5.07. The molecule has 0 amide bonds. The number of aromatic nitrogens is 2. The van der Waals surface area contributed by atoms with Crippen LogP contribution in [0.1, 0.15) is 25.5 Å². The lowest BCUT2D eigenvalue weighted by molar-refractivity contribution is 0.403. The molecule has 0 radical (unpaired) electrons. The maximum absolute atomic E-state index is 12.2. The van der Waals surface area contributed by atoms with Gasteiger partial charge < -0.3 is 9.73 Å². The van der Waals surface area contributed by atoms with Crippen molar-refractivity contribution in [3.05, 3.63) is 30.3 Å². The van der Waals surface area contributed by atoms with E-state index in [1.807, 2.05) is 6.92 Å². The Labute approximate surface area is 123 Å². The van der Waals surface area contributed by atoms with Crippen molar-refractivity contribution in [2.24, 2.45) is 0 Å². The highest BCUT2D eigenvalue weighted by Gasteiger charge is 2.22. The van der Waals surface area contributed by atoms with Crippen molar-refractivity contribution >= 4 is 15.7 Å². The molecule has 1 saturated carbocycles. The lowest BCUT2D eigenvalue weighted by Gasteiger charge is -2.03. The zero-order valence-electron chi connectivity index (χ0n) is 11.7. The molecule has 2 aromatic heterocycles. The van der Waals surface area contributed by atoms with Crippen LogP contribution in [-0.2, 0) is 23.1 Å². The molecule has 0 saturated heterocycles. The van der Waals surface area contributed by atoms with Gasteiger partial charge in [0.2, 0.25) is 5.09 Å². The SMILES string of the molecule is CCn1cc(NS(=O)(=O)c2ccc(CNC3CC3)o2)cn1. The van der Waals surface area contributed by atoms with Crippen LogP contribution in [0.2, 0.25) is 0 Å². The lowest BCUT2D eigenvalue weighted by Crippen LogP contribution is -2.15. The Morgan fingerprint density at radius 3 is 2.90 bits per heavy atom. The van der Waals surface area contributed by atoms with Gasteiger partial charge in [-0.25, -0.2) is 0 Å². The third kappa shape index (κ3) is 3.45. The van der Waals surface area contributed by atoms with E-state index in [0.717, 1.165) is 0 Å². The van der Waals surface area contributed by atoms with Gasteiger partial charge in [0.1, 0.15) is 5.76 Å². The summed E-state index contributed by atoms with van der Waals surface area (Å²) in [4.78, 5) is 0. The third-order valence-corrected chi connectivity index (χ3v) is 4.51. The first kappa shape index (κ1) is 14.2. The smallest absolute Gasteiger partial charge is 0.295 e. The van der Waals surface area contributed by atoms with Crippen LogP contribution in [0.3, 0.4) is 0 Å². The number of nitrogens with zero attached hydrogens (tertiary/aromatic N) is 2. The number of sulfonamides is 1. The first-order chi connectivity index (χ1) is 10.1. The van der Waals surface area contributed by atoms with Gasteiger partial charge in [0.25, 0.3) is 10.0 Å². The fraction of sp³-hybridized carbons (Fsp3) is 0.462. The average Bonchev–Trinajstić information content (AvgIpc) is 2.98. The first-order valence-corrected chi connectivity index (χ1v) is 8.42. The van der Waals surface area contributed by atoms with Crippen molar-refractivity contribution in [3.8, 4) is 0 Å². The second kappa shape index (κ2) is 5.53. The summed E-state index contributed by atoms with van der Waals surface area (Å²) >= 11 is 0. The standard InChI is InChI=1S/C13H18N4O3S/c1-2-17-9-11(7-15-17)16-21(18,19)13-6-5-12(20-13)8-14-10-3-4-10/h5-7,9-10,14,16H,2-4,8H2,1H3. The molecule has 0 aromatic carbocycles. The lowest BCUT2D eigenvalue weighted by atomic mass is 10.4. The maximum atomic E-state index is 12.2. The predicted octanol–water partition coefficient (Wildman–Crippen LogP) is 1.55. The molecule has 1 fully saturated rings. The molecule has 21 heavy (non-hydrogen) atoms. The summed E-state index contributed by atoms with van der Waals surface area (Å²) in [7, 11) is -3.71. The first-order valence-electron chi connectivity index (χ1n) is 6.94. The summed E-state index contributed by atoms with van der Waals surface area (Å²) in [5, 5.41) is 7.21. The molecule has 0 atom stereocenters. The maximum Gasteiger partial charge on any atom is 0.295 e. The summed E-state index contributed by atoms with van der Waals surface area (Å²) in [6.07, 6.45) is 5.46. The van der Waals surface area contributed by atoms with Crippen LogP contribution in [0, 0.1) is 0 Å². The number of hydrogen-bond acceptors (Lipinski definition) is 5. The monoisotopic (exact) mass is 310 g/mol. The molecule has 2 N–H and O–H groups in total. The number of anilines is 1. The zero-order chi connectivity index (χ0) is 14.9. The minimum absolute atomic E-state index is 0.0839. The van der Waals surface area contributed by atoms with Crippen LogP contribution in [0.25, 0.3) is 0 Å². The number of furan rings is 1. The highest BCUT2D eigenvalue weighted by Crippen LogP contribution is 2.21. The van der Waals surface area contributed by atoms with Crippen LogP contribution in [0.5, 0.6) is 0 Å². The van der Waals surface area contributed by atoms with Crippen molar-refractivity contribution in [1.82, 2.24) is 15.1 Å². The van der Waals surface area contributed by atoms with Gasteiger partial charge in [0.15, 0.2) is 0 Å². The van der Waals surface area contributed by atoms with Gasteiger partial charge in [0.05, 0.1) is 18.4 Å². The quantitative estimate of drug-likeness (QED) is 0.810. The summed E-state index contributed by atoms with van der Waals surface area (Å²) < 4.78 is 33.9. The van der Waals surface area contributed by atoms with Crippen LogP contribution >= 0.6 is 0 Å². The summed E-state index contributed by atoms with van der Waals surface area (Å²) in [5.41, 5.74) is 0.422. The van der Waals surface area contributed by atoms with E-state index in [9.17, 15) is 8.42 Å². The highest BCUT2D eigenvalue weighted by molar-refractivity contribution is 7.92. The van der Waals surface area contributed by atoms with Gasteiger partial charge in [-0.2, -0.15) is 13.5 Å². The highest BCUT2D eigenvalue weighted by atomic mass is 32.2.